The Morgan fingerprint density at radius 2 is 2.19 bits per heavy atom. The monoisotopic (exact) mass is 218 g/mol. The van der Waals surface area contributed by atoms with E-state index < -0.39 is 0 Å². The maximum atomic E-state index is 12.0. The van der Waals surface area contributed by atoms with Crippen molar-refractivity contribution in [2.45, 2.75) is 0 Å². The molecule has 6 heteroatoms. The quantitative estimate of drug-likeness (QED) is 0.699. The Kier molecular flexibility index (Phi) is 2.63. The standard InChI is InChI=1S/C10H10N4O2/c1-14-4-3-11-10(14)9(15)7-5-8(16-2)13-6-12-7/h3-6H,1-2H3. The molecule has 0 aliphatic carbocycles. The van der Waals surface area contributed by atoms with Crippen molar-refractivity contribution in [2.24, 2.45) is 7.05 Å². The van der Waals surface area contributed by atoms with Crippen molar-refractivity contribution in [3.05, 3.63) is 36.3 Å². The first-order valence-electron chi connectivity index (χ1n) is 4.60. The van der Waals surface area contributed by atoms with Gasteiger partial charge in [0, 0.05) is 25.5 Å². The van der Waals surface area contributed by atoms with Gasteiger partial charge in [-0.1, -0.05) is 0 Å². The maximum Gasteiger partial charge on any atom is 0.246 e. The van der Waals surface area contributed by atoms with E-state index in [0.29, 0.717) is 11.7 Å². The van der Waals surface area contributed by atoms with Crippen molar-refractivity contribution >= 4 is 5.78 Å². The number of carbonyl (C=O) groups excluding carboxylic acids is 1. The number of aryl methyl sites for hydroxylation is 1. The van der Waals surface area contributed by atoms with Gasteiger partial charge in [0.25, 0.3) is 0 Å². The SMILES string of the molecule is COc1cc(C(=O)c2nccn2C)ncn1. The molecule has 0 aromatic carbocycles. The summed E-state index contributed by atoms with van der Waals surface area (Å²) in [5.74, 6) is 0.432. The number of hydrogen-bond acceptors (Lipinski definition) is 5. The highest BCUT2D eigenvalue weighted by atomic mass is 16.5. The summed E-state index contributed by atoms with van der Waals surface area (Å²) in [6.07, 6.45) is 4.55. The summed E-state index contributed by atoms with van der Waals surface area (Å²) in [5, 5.41) is 0. The third-order valence-corrected chi connectivity index (χ3v) is 2.11. The van der Waals surface area contributed by atoms with Crippen LogP contribution in [0.25, 0.3) is 0 Å². The molecule has 0 saturated heterocycles. The molecular weight excluding hydrogens is 208 g/mol. The van der Waals surface area contributed by atoms with Crippen molar-refractivity contribution in [3.8, 4) is 5.88 Å². The number of ether oxygens (including phenoxy) is 1. The number of ketones is 1. The number of nitrogens with zero attached hydrogens (tertiary/aromatic N) is 4. The predicted molar refractivity (Wildman–Crippen MR) is 55.2 cm³/mol. The lowest BCUT2D eigenvalue weighted by Crippen LogP contribution is -2.10. The average Bonchev–Trinajstić information content (AvgIpc) is 2.74. The van der Waals surface area contributed by atoms with Gasteiger partial charge in [-0.2, -0.15) is 0 Å². The van der Waals surface area contributed by atoms with Crippen LogP contribution in [-0.2, 0) is 7.05 Å². The Morgan fingerprint density at radius 3 is 2.81 bits per heavy atom. The van der Waals surface area contributed by atoms with Gasteiger partial charge in [0.2, 0.25) is 11.7 Å². The van der Waals surface area contributed by atoms with Crippen LogP contribution < -0.4 is 4.74 Å². The van der Waals surface area contributed by atoms with Crippen LogP contribution >= 0.6 is 0 Å². The van der Waals surface area contributed by atoms with Gasteiger partial charge in [0.05, 0.1) is 7.11 Å². The minimum Gasteiger partial charge on any atom is -0.481 e. The average molecular weight is 218 g/mol. The second-order valence-corrected chi connectivity index (χ2v) is 3.14. The number of aromatic nitrogens is 4. The van der Waals surface area contributed by atoms with Crippen LogP contribution in [0.5, 0.6) is 5.88 Å². The molecule has 0 fully saturated rings. The molecule has 0 atom stereocenters. The molecule has 0 saturated carbocycles. The molecule has 0 N–H and O–H groups in total. The fourth-order valence-electron chi connectivity index (χ4n) is 1.27. The molecule has 2 aromatic heterocycles. The Balaban J connectivity index is 2.38. The lowest BCUT2D eigenvalue weighted by molar-refractivity contribution is 0.102. The van der Waals surface area contributed by atoms with Gasteiger partial charge in [-0.05, 0) is 0 Å². The number of methoxy groups -OCH3 is 1. The fourth-order valence-corrected chi connectivity index (χ4v) is 1.27. The van der Waals surface area contributed by atoms with Crippen molar-refractivity contribution in [1.82, 2.24) is 19.5 Å². The van der Waals surface area contributed by atoms with Gasteiger partial charge in [-0.25, -0.2) is 15.0 Å². The summed E-state index contributed by atoms with van der Waals surface area (Å²) in [6.45, 7) is 0. The van der Waals surface area contributed by atoms with Crippen LogP contribution in [0.4, 0.5) is 0 Å². The van der Waals surface area contributed by atoms with Crippen LogP contribution in [0.15, 0.2) is 24.8 Å². The highest BCUT2D eigenvalue weighted by molar-refractivity contribution is 6.05. The van der Waals surface area contributed by atoms with Gasteiger partial charge in [-0.15, -0.1) is 0 Å². The molecule has 0 unspecified atom stereocenters. The van der Waals surface area contributed by atoms with E-state index in [2.05, 4.69) is 15.0 Å². The molecule has 2 heterocycles. The lowest BCUT2D eigenvalue weighted by atomic mass is 10.2. The number of hydrogen-bond donors (Lipinski definition) is 0. The van der Waals surface area contributed by atoms with E-state index >= 15 is 0 Å². The summed E-state index contributed by atoms with van der Waals surface area (Å²) in [6, 6.07) is 1.48. The summed E-state index contributed by atoms with van der Waals surface area (Å²) >= 11 is 0. The highest BCUT2D eigenvalue weighted by Crippen LogP contribution is 2.09. The fraction of sp³-hybridized carbons (Fsp3) is 0.200. The second-order valence-electron chi connectivity index (χ2n) is 3.14. The van der Waals surface area contributed by atoms with Gasteiger partial charge >= 0.3 is 0 Å². The molecule has 0 aliphatic heterocycles. The molecule has 0 radical (unpaired) electrons. The molecule has 82 valence electrons. The van der Waals surface area contributed by atoms with Crippen LogP contribution in [0.2, 0.25) is 0 Å². The lowest BCUT2D eigenvalue weighted by Gasteiger charge is -2.02. The van der Waals surface area contributed by atoms with Gasteiger partial charge in [0.1, 0.15) is 12.0 Å². The van der Waals surface area contributed by atoms with Crippen molar-refractivity contribution in [3.63, 3.8) is 0 Å². The molecular formula is C10H10N4O2. The minimum absolute atomic E-state index is 0.256. The first-order valence-corrected chi connectivity index (χ1v) is 4.60. The Bertz CT molecular complexity index is 521. The van der Waals surface area contributed by atoms with Crippen LogP contribution in [0.3, 0.4) is 0 Å². The van der Waals surface area contributed by atoms with E-state index in [1.807, 2.05) is 0 Å². The third-order valence-electron chi connectivity index (χ3n) is 2.11. The maximum absolute atomic E-state index is 12.0. The first kappa shape index (κ1) is 10.3. The van der Waals surface area contributed by atoms with Crippen LogP contribution in [0, 0.1) is 0 Å². The summed E-state index contributed by atoms with van der Waals surface area (Å²) in [5.41, 5.74) is 0.265. The van der Waals surface area contributed by atoms with E-state index in [1.165, 1.54) is 19.5 Å². The largest absolute Gasteiger partial charge is 0.481 e. The minimum atomic E-state index is -0.256. The number of rotatable bonds is 3. The van der Waals surface area contributed by atoms with E-state index in [0.717, 1.165) is 0 Å². The molecule has 0 spiro atoms. The Morgan fingerprint density at radius 1 is 1.38 bits per heavy atom. The van der Waals surface area contributed by atoms with Gasteiger partial charge < -0.3 is 9.30 Å². The van der Waals surface area contributed by atoms with Crippen LogP contribution in [-0.4, -0.2) is 32.4 Å². The zero-order valence-corrected chi connectivity index (χ0v) is 8.91. The van der Waals surface area contributed by atoms with Crippen molar-refractivity contribution in [2.75, 3.05) is 7.11 Å². The number of carbonyl (C=O) groups is 1. The zero-order chi connectivity index (χ0) is 11.5. The van der Waals surface area contributed by atoms with Crippen LogP contribution in [0.1, 0.15) is 16.3 Å². The second kappa shape index (κ2) is 4.09. The van der Waals surface area contributed by atoms with Crippen molar-refractivity contribution in [1.29, 1.82) is 0 Å². The topological polar surface area (TPSA) is 69.9 Å². The third kappa shape index (κ3) is 1.77. The van der Waals surface area contributed by atoms with Gasteiger partial charge in [-0.3, -0.25) is 4.79 Å². The van der Waals surface area contributed by atoms with E-state index in [4.69, 9.17) is 4.74 Å². The number of imidazole rings is 1. The Hall–Kier alpha value is -2.24. The zero-order valence-electron chi connectivity index (χ0n) is 8.91. The molecule has 2 aromatic rings. The van der Waals surface area contributed by atoms with E-state index in [9.17, 15) is 4.79 Å². The molecule has 16 heavy (non-hydrogen) atoms. The molecule has 6 nitrogen and oxygen atoms in total. The summed E-state index contributed by atoms with van der Waals surface area (Å²) in [4.78, 5) is 23.6. The summed E-state index contributed by atoms with van der Waals surface area (Å²) < 4.78 is 6.56. The molecule has 0 aliphatic rings. The smallest absolute Gasteiger partial charge is 0.246 e. The summed E-state index contributed by atoms with van der Waals surface area (Å²) in [7, 11) is 3.23. The normalized spacial score (nSPS) is 10.1. The van der Waals surface area contributed by atoms with E-state index in [-0.39, 0.29) is 11.5 Å². The molecule has 0 bridgehead atoms. The highest BCUT2D eigenvalue weighted by Gasteiger charge is 2.15. The molecule has 0 amide bonds. The van der Waals surface area contributed by atoms with Crippen molar-refractivity contribution < 1.29 is 9.53 Å². The first-order chi connectivity index (χ1) is 7.72. The predicted octanol–water partition coefficient (Wildman–Crippen LogP) is 0.450. The van der Waals surface area contributed by atoms with Gasteiger partial charge in [0.15, 0.2) is 5.82 Å². The molecule has 2 rings (SSSR count). The Labute approximate surface area is 91.9 Å². The van der Waals surface area contributed by atoms with E-state index in [1.54, 1.807) is 24.0 Å².